The third kappa shape index (κ3) is 5.36. The molecule has 1 saturated heterocycles. The summed E-state index contributed by atoms with van der Waals surface area (Å²) in [7, 11) is 0. The standard InChI is InChI=1S/C25H34N2O3S/c1-3-18-5-8-23-20(13-18)6-7-22(4-2)27(23)31-25-14-21(16-28)24(15-26-25)30-17-19-9-11-29-12-10-19/h5,8,13-15,19,22,28H,3-4,6-7,9-12,16-17H2,1-2H3. The van der Waals surface area contributed by atoms with E-state index >= 15 is 0 Å². The Balaban J connectivity index is 1.50. The summed E-state index contributed by atoms with van der Waals surface area (Å²) in [5, 5.41) is 10.8. The summed E-state index contributed by atoms with van der Waals surface area (Å²) in [4.78, 5) is 4.68. The van der Waals surface area contributed by atoms with Gasteiger partial charge >= 0.3 is 0 Å². The first kappa shape index (κ1) is 22.4. The fraction of sp³-hybridized carbons (Fsp3) is 0.560. The predicted octanol–water partition coefficient (Wildman–Crippen LogP) is 5.18. The number of ether oxygens (including phenoxy) is 2. The lowest BCUT2D eigenvalue weighted by Crippen LogP contribution is -2.33. The van der Waals surface area contributed by atoms with Crippen molar-refractivity contribution in [1.29, 1.82) is 0 Å². The van der Waals surface area contributed by atoms with Crippen molar-refractivity contribution in [1.82, 2.24) is 4.98 Å². The molecule has 1 N–H and O–H groups in total. The van der Waals surface area contributed by atoms with E-state index in [0.717, 1.165) is 62.3 Å². The summed E-state index contributed by atoms with van der Waals surface area (Å²) in [6.45, 7) is 6.69. The van der Waals surface area contributed by atoms with Gasteiger partial charge in [0.2, 0.25) is 0 Å². The molecular weight excluding hydrogens is 408 g/mol. The second-order valence-corrected chi connectivity index (χ2v) is 9.48. The number of nitrogens with zero attached hydrogens (tertiary/aromatic N) is 2. The molecule has 1 aromatic carbocycles. The Kier molecular flexibility index (Phi) is 7.75. The minimum absolute atomic E-state index is 0.0488. The van der Waals surface area contributed by atoms with Gasteiger partial charge in [-0.3, -0.25) is 0 Å². The van der Waals surface area contributed by atoms with Crippen LogP contribution in [0.15, 0.2) is 35.5 Å². The summed E-state index contributed by atoms with van der Waals surface area (Å²) >= 11 is 1.68. The summed E-state index contributed by atoms with van der Waals surface area (Å²) in [6, 6.07) is 9.32. The van der Waals surface area contributed by atoms with Gasteiger partial charge in [0.25, 0.3) is 0 Å². The predicted molar refractivity (Wildman–Crippen MR) is 126 cm³/mol. The molecule has 1 fully saturated rings. The molecule has 0 aliphatic carbocycles. The second kappa shape index (κ2) is 10.7. The van der Waals surface area contributed by atoms with Crippen LogP contribution < -0.4 is 9.04 Å². The number of aliphatic hydroxyl groups is 1. The molecule has 168 valence electrons. The molecule has 2 aliphatic rings. The van der Waals surface area contributed by atoms with Gasteiger partial charge in [-0.05, 0) is 67.7 Å². The van der Waals surface area contributed by atoms with Crippen LogP contribution in [0.5, 0.6) is 5.75 Å². The van der Waals surface area contributed by atoms with E-state index < -0.39 is 0 Å². The van der Waals surface area contributed by atoms with Crippen molar-refractivity contribution in [2.45, 2.75) is 70.0 Å². The highest BCUT2D eigenvalue weighted by atomic mass is 32.2. The highest BCUT2D eigenvalue weighted by Gasteiger charge is 2.27. The first-order valence-electron chi connectivity index (χ1n) is 11.6. The minimum Gasteiger partial charge on any atom is -0.491 e. The fourth-order valence-electron chi connectivity index (χ4n) is 4.39. The van der Waals surface area contributed by atoms with E-state index in [-0.39, 0.29) is 6.61 Å². The number of hydrogen-bond donors (Lipinski definition) is 1. The van der Waals surface area contributed by atoms with E-state index in [2.05, 4.69) is 41.3 Å². The number of rotatable bonds is 8. The third-order valence-electron chi connectivity index (χ3n) is 6.44. The van der Waals surface area contributed by atoms with Gasteiger partial charge < -0.3 is 18.9 Å². The van der Waals surface area contributed by atoms with E-state index in [1.165, 1.54) is 16.8 Å². The normalized spacial score (nSPS) is 19.3. The maximum atomic E-state index is 9.95. The summed E-state index contributed by atoms with van der Waals surface area (Å²) in [5.41, 5.74) is 4.92. The molecule has 0 saturated carbocycles. The highest BCUT2D eigenvalue weighted by Crippen LogP contribution is 2.40. The van der Waals surface area contributed by atoms with Crippen LogP contribution in [0.3, 0.4) is 0 Å². The van der Waals surface area contributed by atoms with Crippen molar-refractivity contribution >= 4 is 17.6 Å². The number of aromatic nitrogens is 1. The molecule has 2 aliphatic heterocycles. The van der Waals surface area contributed by atoms with Gasteiger partial charge in [-0.2, -0.15) is 0 Å². The molecule has 5 nitrogen and oxygen atoms in total. The van der Waals surface area contributed by atoms with E-state index in [0.29, 0.717) is 24.3 Å². The van der Waals surface area contributed by atoms with Gasteiger partial charge in [0.1, 0.15) is 10.8 Å². The van der Waals surface area contributed by atoms with Crippen molar-refractivity contribution in [2.75, 3.05) is 24.1 Å². The molecule has 1 aromatic heterocycles. The number of benzene rings is 1. The van der Waals surface area contributed by atoms with Crippen LogP contribution in [0.25, 0.3) is 0 Å². The van der Waals surface area contributed by atoms with E-state index in [1.54, 1.807) is 18.1 Å². The molecule has 3 heterocycles. The number of aliphatic hydroxyl groups excluding tert-OH is 1. The highest BCUT2D eigenvalue weighted by molar-refractivity contribution is 8.00. The topological polar surface area (TPSA) is 54.8 Å². The van der Waals surface area contributed by atoms with Crippen molar-refractivity contribution in [3.05, 3.63) is 47.2 Å². The molecule has 0 spiro atoms. The third-order valence-corrected chi connectivity index (χ3v) is 7.54. The number of aryl methyl sites for hydroxylation is 2. The monoisotopic (exact) mass is 442 g/mol. The lowest BCUT2D eigenvalue weighted by molar-refractivity contribution is 0.0493. The van der Waals surface area contributed by atoms with Gasteiger partial charge in [-0.15, -0.1) is 0 Å². The molecule has 4 rings (SSSR count). The molecule has 2 aromatic rings. The summed E-state index contributed by atoms with van der Waals surface area (Å²) in [5.74, 6) is 1.20. The zero-order chi connectivity index (χ0) is 21.6. The van der Waals surface area contributed by atoms with Crippen LogP contribution in [-0.4, -0.2) is 36.0 Å². The molecule has 1 unspecified atom stereocenters. The van der Waals surface area contributed by atoms with Crippen LogP contribution in [0.4, 0.5) is 5.69 Å². The lowest BCUT2D eigenvalue weighted by Gasteiger charge is -2.37. The molecule has 31 heavy (non-hydrogen) atoms. The van der Waals surface area contributed by atoms with E-state index in [9.17, 15) is 5.11 Å². The maximum absolute atomic E-state index is 9.95. The Morgan fingerprint density at radius 3 is 2.77 bits per heavy atom. The largest absolute Gasteiger partial charge is 0.491 e. The Morgan fingerprint density at radius 1 is 1.19 bits per heavy atom. The summed E-state index contributed by atoms with van der Waals surface area (Å²) in [6.07, 6.45) is 8.29. The van der Waals surface area contributed by atoms with Crippen molar-refractivity contribution < 1.29 is 14.6 Å². The number of fused-ring (bicyclic) bond motifs is 1. The zero-order valence-electron chi connectivity index (χ0n) is 18.7. The minimum atomic E-state index is -0.0488. The Hall–Kier alpha value is -1.76. The molecule has 0 radical (unpaired) electrons. The first-order valence-corrected chi connectivity index (χ1v) is 12.4. The lowest BCUT2D eigenvalue weighted by atomic mass is 9.94. The van der Waals surface area contributed by atoms with Crippen LogP contribution in [-0.2, 0) is 24.2 Å². The molecule has 6 heteroatoms. The quantitative estimate of drug-likeness (QED) is 0.569. The van der Waals surface area contributed by atoms with Gasteiger partial charge in [-0.25, -0.2) is 4.98 Å². The van der Waals surface area contributed by atoms with Crippen molar-refractivity contribution in [2.24, 2.45) is 5.92 Å². The number of hydrogen-bond acceptors (Lipinski definition) is 6. The Labute approximate surface area is 190 Å². The number of pyridine rings is 1. The Bertz CT molecular complexity index is 870. The van der Waals surface area contributed by atoms with Crippen LogP contribution >= 0.6 is 11.9 Å². The second-order valence-electron chi connectivity index (χ2n) is 8.49. The molecular formula is C25H34N2O3S. The van der Waals surface area contributed by atoms with Gasteiger partial charge in [-0.1, -0.05) is 26.0 Å². The zero-order valence-corrected chi connectivity index (χ0v) is 19.5. The first-order chi connectivity index (χ1) is 15.2. The fourth-order valence-corrected chi connectivity index (χ4v) is 5.57. The maximum Gasteiger partial charge on any atom is 0.143 e. The van der Waals surface area contributed by atoms with Gasteiger partial charge in [0.15, 0.2) is 0 Å². The van der Waals surface area contributed by atoms with Crippen LogP contribution in [0.1, 0.15) is 56.2 Å². The molecule has 0 bridgehead atoms. The van der Waals surface area contributed by atoms with Gasteiger partial charge in [0, 0.05) is 36.8 Å². The number of anilines is 1. The van der Waals surface area contributed by atoms with Crippen molar-refractivity contribution in [3.63, 3.8) is 0 Å². The average Bonchev–Trinajstić information content (AvgIpc) is 2.83. The smallest absolute Gasteiger partial charge is 0.143 e. The molecule has 1 atom stereocenters. The molecule has 0 amide bonds. The summed E-state index contributed by atoms with van der Waals surface area (Å²) < 4.78 is 13.9. The van der Waals surface area contributed by atoms with Crippen LogP contribution in [0.2, 0.25) is 0 Å². The van der Waals surface area contributed by atoms with Crippen LogP contribution in [0, 0.1) is 5.92 Å². The van der Waals surface area contributed by atoms with Crippen molar-refractivity contribution in [3.8, 4) is 5.75 Å². The SMILES string of the molecule is CCc1ccc2c(c1)CCC(CC)N2Sc1cc(CO)c(OCC2CCOCC2)cn1. The average molecular weight is 443 g/mol. The van der Waals surface area contributed by atoms with E-state index in [4.69, 9.17) is 9.47 Å². The Morgan fingerprint density at radius 2 is 2.03 bits per heavy atom. The van der Waals surface area contributed by atoms with E-state index in [1.807, 2.05) is 6.07 Å². The van der Waals surface area contributed by atoms with Gasteiger partial charge in [0.05, 0.1) is 25.1 Å².